The standard InChI is InChI=1S/C17H18N2O3S/c1-11-3-4-12(2)15(7-11)22-9-13(20)8-19-10-18-14-5-6-23-16(14)17(19)21/h3-7,10,13,20H,8-9H2,1-2H3. The van der Waals surface area contributed by atoms with Gasteiger partial charge < -0.3 is 9.84 Å². The Morgan fingerprint density at radius 2 is 2.17 bits per heavy atom. The van der Waals surface area contributed by atoms with Crippen LogP contribution >= 0.6 is 11.3 Å². The van der Waals surface area contributed by atoms with E-state index in [-0.39, 0.29) is 18.7 Å². The first-order valence-electron chi connectivity index (χ1n) is 7.35. The minimum atomic E-state index is -0.785. The maximum Gasteiger partial charge on any atom is 0.271 e. The van der Waals surface area contributed by atoms with E-state index in [9.17, 15) is 9.90 Å². The highest BCUT2D eigenvalue weighted by Crippen LogP contribution is 2.19. The Morgan fingerprint density at radius 3 is 3.00 bits per heavy atom. The van der Waals surface area contributed by atoms with Gasteiger partial charge in [0, 0.05) is 0 Å². The predicted molar refractivity (Wildman–Crippen MR) is 91.3 cm³/mol. The van der Waals surface area contributed by atoms with E-state index in [2.05, 4.69) is 4.98 Å². The topological polar surface area (TPSA) is 64.3 Å². The van der Waals surface area contributed by atoms with E-state index in [0.717, 1.165) is 16.9 Å². The molecule has 0 aliphatic rings. The van der Waals surface area contributed by atoms with Gasteiger partial charge in [0.25, 0.3) is 5.56 Å². The van der Waals surface area contributed by atoms with E-state index in [1.165, 1.54) is 22.2 Å². The van der Waals surface area contributed by atoms with Crippen molar-refractivity contribution in [2.75, 3.05) is 6.61 Å². The Morgan fingerprint density at radius 1 is 1.35 bits per heavy atom. The van der Waals surface area contributed by atoms with Gasteiger partial charge >= 0.3 is 0 Å². The van der Waals surface area contributed by atoms with Crippen molar-refractivity contribution in [3.8, 4) is 5.75 Å². The molecule has 120 valence electrons. The highest BCUT2D eigenvalue weighted by molar-refractivity contribution is 7.17. The van der Waals surface area contributed by atoms with Gasteiger partial charge in [0.05, 0.1) is 18.4 Å². The molecule has 0 spiro atoms. The zero-order valence-corrected chi connectivity index (χ0v) is 13.8. The summed E-state index contributed by atoms with van der Waals surface area (Å²) in [7, 11) is 0. The number of aromatic nitrogens is 2. The smallest absolute Gasteiger partial charge is 0.271 e. The first-order valence-corrected chi connectivity index (χ1v) is 8.23. The number of aliphatic hydroxyl groups is 1. The van der Waals surface area contributed by atoms with Crippen LogP contribution in [0.15, 0.2) is 40.8 Å². The average molecular weight is 330 g/mol. The van der Waals surface area contributed by atoms with Crippen LogP contribution < -0.4 is 10.3 Å². The third-order valence-corrected chi connectivity index (χ3v) is 4.51. The van der Waals surface area contributed by atoms with Crippen LogP contribution in [0.3, 0.4) is 0 Å². The third-order valence-electron chi connectivity index (χ3n) is 3.62. The molecule has 1 unspecified atom stereocenters. The highest BCUT2D eigenvalue weighted by Gasteiger charge is 2.11. The van der Waals surface area contributed by atoms with Crippen molar-refractivity contribution in [2.24, 2.45) is 0 Å². The summed E-state index contributed by atoms with van der Waals surface area (Å²) < 4.78 is 7.71. The maximum absolute atomic E-state index is 12.3. The molecule has 0 bridgehead atoms. The fraction of sp³-hybridized carbons (Fsp3) is 0.294. The first kappa shape index (κ1) is 15.7. The lowest BCUT2D eigenvalue weighted by Gasteiger charge is -2.15. The molecule has 2 aromatic heterocycles. The average Bonchev–Trinajstić information content (AvgIpc) is 3.00. The van der Waals surface area contributed by atoms with E-state index in [1.807, 2.05) is 43.5 Å². The second kappa shape index (κ2) is 6.52. The molecule has 3 aromatic rings. The second-order valence-corrected chi connectivity index (χ2v) is 6.49. The molecule has 0 saturated heterocycles. The van der Waals surface area contributed by atoms with Crippen LogP contribution in [0.2, 0.25) is 0 Å². The van der Waals surface area contributed by atoms with E-state index in [4.69, 9.17) is 4.74 Å². The number of rotatable bonds is 5. The summed E-state index contributed by atoms with van der Waals surface area (Å²) in [4.78, 5) is 16.5. The molecule has 3 rings (SSSR count). The van der Waals surface area contributed by atoms with Gasteiger partial charge in [0.15, 0.2) is 0 Å². The lowest BCUT2D eigenvalue weighted by Crippen LogP contribution is -2.30. The fourth-order valence-corrected chi connectivity index (χ4v) is 3.13. The van der Waals surface area contributed by atoms with Gasteiger partial charge in [0.2, 0.25) is 0 Å². The van der Waals surface area contributed by atoms with E-state index >= 15 is 0 Å². The molecular formula is C17H18N2O3S. The van der Waals surface area contributed by atoms with Crippen molar-refractivity contribution in [1.29, 1.82) is 0 Å². The number of hydrogen-bond acceptors (Lipinski definition) is 5. The molecule has 1 atom stereocenters. The van der Waals surface area contributed by atoms with Crippen molar-refractivity contribution in [3.05, 3.63) is 57.5 Å². The number of aliphatic hydroxyl groups excluding tert-OH is 1. The molecule has 0 radical (unpaired) electrons. The van der Waals surface area contributed by atoms with E-state index in [1.54, 1.807) is 0 Å². The molecular weight excluding hydrogens is 312 g/mol. The Bertz CT molecular complexity index is 885. The molecule has 0 saturated carbocycles. The van der Waals surface area contributed by atoms with Crippen LogP contribution in [0.5, 0.6) is 5.75 Å². The molecule has 0 fully saturated rings. The Balaban J connectivity index is 1.69. The molecule has 2 heterocycles. The van der Waals surface area contributed by atoms with Gasteiger partial charge in [-0.3, -0.25) is 9.36 Å². The summed E-state index contributed by atoms with van der Waals surface area (Å²) in [5.74, 6) is 0.753. The Labute approximate surface area is 137 Å². The summed E-state index contributed by atoms with van der Waals surface area (Å²) in [6.07, 6.45) is 0.685. The quantitative estimate of drug-likeness (QED) is 0.781. The van der Waals surface area contributed by atoms with Gasteiger partial charge in [-0.2, -0.15) is 0 Å². The van der Waals surface area contributed by atoms with Gasteiger partial charge in [-0.25, -0.2) is 4.98 Å². The largest absolute Gasteiger partial charge is 0.491 e. The lowest BCUT2D eigenvalue weighted by atomic mass is 10.1. The summed E-state index contributed by atoms with van der Waals surface area (Å²) in [6.45, 7) is 4.23. The zero-order valence-electron chi connectivity index (χ0n) is 13.0. The van der Waals surface area contributed by atoms with Crippen molar-refractivity contribution in [2.45, 2.75) is 26.5 Å². The molecule has 0 amide bonds. The predicted octanol–water partition coefficient (Wildman–Crippen LogP) is 2.51. The number of benzene rings is 1. The summed E-state index contributed by atoms with van der Waals surface area (Å²) in [5.41, 5.74) is 2.68. The van der Waals surface area contributed by atoms with Gasteiger partial charge in [-0.15, -0.1) is 11.3 Å². The molecule has 1 N–H and O–H groups in total. The first-order chi connectivity index (χ1) is 11.0. The monoisotopic (exact) mass is 330 g/mol. The number of nitrogens with zero attached hydrogens (tertiary/aromatic N) is 2. The number of fused-ring (bicyclic) bond motifs is 1. The molecule has 0 aliphatic carbocycles. The van der Waals surface area contributed by atoms with Crippen molar-refractivity contribution >= 4 is 21.6 Å². The van der Waals surface area contributed by atoms with Crippen molar-refractivity contribution < 1.29 is 9.84 Å². The number of thiophene rings is 1. The molecule has 5 nitrogen and oxygen atoms in total. The van der Waals surface area contributed by atoms with E-state index in [0.29, 0.717) is 10.2 Å². The van der Waals surface area contributed by atoms with Crippen LogP contribution in [-0.4, -0.2) is 27.4 Å². The second-order valence-electron chi connectivity index (χ2n) is 5.57. The molecule has 6 heteroatoms. The number of aryl methyl sites for hydroxylation is 2. The number of ether oxygens (including phenoxy) is 1. The molecule has 0 aliphatic heterocycles. The van der Waals surface area contributed by atoms with Gasteiger partial charge in [0.1, 0.15) is 23.2 Å². The van der Waals surface area contributed by atoms with Gasteiger partial charge in [-0.05, 0) is 42.5 Å². The number of hydrogen-bond donors (Lipinski definition) is 1. The van der Waals surface area contributed by atoms with Crippen LogP contribution in [0.1, 0.15) is 11.1 Å². The van der Waals surface area contributed by atoms with E-state index < -0.39 is 6.10 Å². The fourth-order valence-electron chi connectivity index (χ4n) is 2.34. The maximum atomic E-state index is 12.3. The van der Waals surface area contributed by atoms with Crippen LogP contribution in [0, 0.1) is 13.8 Å². The summed E-state index contributed by atoms with van der Waals surface area (Å²) >= 11 is 1.36. The minimum absolute atomic E-state index is 0.124. The third kappa shape index (κ3) is 3.43. The SMILES string of the molecule is Cc1ccc(C)c(OCC(O)Cn2cnc3ccsc3c2=O)c1. The zero-order chi connectivity index (χ0) is 16.4. The van der Waals surface area contributed by atoms with Crippen LogP contribution in [-0.2, 0) is 6.54 Å². The highest BCUT2D eigenvalue weighted by atomic mass is 32.1. The summed E-state index contributed by atoms with van der Waals surface area (Å²) in [5, 5.41) is 12.0. The molecule has 23 heavy (non-hydrogen) atoms. The van der Waals surface area contributed by atoms with Gasteiger partial charge in [-0.1, -0.05) is 12.1 Å². The van der Waals surface area contributed by atoms with Crippen LogP contribution in [0.4, 0.5) is 0 Å². The van der Waals surface area contributed by atoms with Crippen molar-refractivity contribution in [3.63, 3.8) is 0 Å². The molecule has 1 aromatic carbocycles. The summed E-state index contributed by atoms with van der Waals surface area (Å²) in [6, 6.07) is 7.75. The van der Waals surface area contributed by atoms with Crippen LogP contribution in [0.25, 0.3) is 10.2 Å². The van der Waals surface area contributed by atoms with Crippen molar-refractivity contribution in [1.82, 2.24) is 9.55 Å². The lowest BCUT2D eigenvalue weighted by molar-refractivity contribution is 0.0911. The minimum Gasteiger partial charge on any atom is -0.491 e. The Hall–Kier alpha value is -2.18. The Kier molecular flexibility index (Phi) is 4.45. The normalized spacial score (nSPS) is 12.5.